The van der Waals surface area contributed by atoms with Gasteiger partial charge >= 0.3 is 5.97 Å². The first-order valence-corrected chi connectivity index (χ1v) is 7.71. The highest BCUT2D eigenvalue weighted by Gasteiger charge is 2.39. The smallest absolute Gasteiger partial charge is 0.317 e. The summed E-state index contributed by atoms with van der Waals surface area (Å²) in [5.41, 5.74) is 3.83. The van der Waals surface area contributed by atoms with Crippen LogP contribution in [0.15, 0.2) is 12.1 Å². The van der Waals surface area contributed by atoms with Crippen molar-refractivity contribution in [3.05, 3.63) is 28.8 Å². The van der Waals surface area contributed by atoms with Crippen LogP contribution in [0, 0.1) is 13.8 Å². The summed E-state index contributed by atoms with van der Waals surface area (Å²) in [6.07, 6.45) is 3.96. The SMILES string of the molecule is Cc1cc2c(cc1C)OC1(CC2)CCN(CC(=O)O)CC1. The molecule has 0 atom stereocenters. The fourth-order valence-electron chi connectivity index (χ4n) is 3.45. The van der Waals surface area contributed by atoms with Crippen LogP contribution in [0.5, 0.6) is 5.75 Å². The van der Waals surface area contributed by atoms with E-state index in [2.05, 4.69) is 26.0 Å². The van der Waals surface area contributed by atoms with Crippen molar-refractivity contribution in [2.24, 2.45) is 0 Å². The molecule has 1 saturated heterocycles. The highest BCUT2D eigenvalue weighted by atomic mass is 16.5. The molecular formula is C17H23NO3. The third kappa shape index (κ3) is 2.91. The number of carboxylic acid groups (broad SMARTS) is 1. The van der Waals surface area contributed by atoms with Crippen molar-refractivity contribution in [3.63, 3.8) is 0 Å². The van der Waals surface area contributed by atoms with Crippen molar-refractivity contribution in [2.75, 3.05) is 19.6 Å². The Balaban J connectivity index is 1.72. The number of hydrogen-bond donors (Lipinski definition) is 1. The van der Waals surface area contributed by atoms with Gasteiger partial charge in [-0.2, -0.15) is 0 Å². The highest BCUT2D eigenvalue weighted by molar-refractivity contribution is 5.69. The van der Waals surface area contributed by atoms with Crippen LogP contribution in [0.2, 0.25) is 0 Å². The Bertz CT molecular complexity index is 559. The third-order valence-electron chi connectivity index (χ3n) is 4.98. The Morgan fingerprint density at radius 1 is 1.24 bits per heavy atom. The number of carboxylic acids is 1. The zero-order valence-corrected chi connectivity index (χ0v) is 12.8. The number of carbonyl (C=O) groups is 1. The average Bonchev–Trinajstić information content (AvgIpc) is 2.43. The van der Waals surface area contributed by atoms with Crippen molar-refractivity contribution in [2.45, 2.75) is 45.1 Å². The van der Waals surface area contributed by atoms with Gasteiger partial charge in [-0.25, -0.2) is 0 Å². The van der Waals surface area contributed by atoms with Gasteiger partial charge in [0.2, 0.25) is 0 Å². The van der Waals surface area contributed by atoms with E-state index < -0.39 is 5.97 Å². The van der Waals surface area contributed by atoms with Crippen LogP contribution in [0.25, 0.3) is 0 Å². The lowest BCUT2D eigenvalue weighted by Crippen LogP contribution is -2.50. The molecule has 2 aliphatic rings. The summed E-state index contributed by atoms with van der Waals surface area (Å²) < 4.78 is 6.38. The van der Waals surface area contributed by atoms with Gasteiger partial charge in [0, 0.05) is 13.1 Å². The number of nitrogens with zero attached hydrogens (tertiary/aromatic N) is 1. The van der Waals surface area contributed by atoms with Crippen molar-refractivity contribution in [1.82, 2.24) is 4.90 Å². The number of aryl methyl sites for hydroxylation is 3. The third-order valence-corrected chi connectivity index (χ3v) is 4.98. The number of rotatable bonds is 2. The van der Waals surface area contributed by atoms with Gasteiger partial charge < -0.3 is 9.84 Å². The predicted octanol–water partition coefficient (Wildman–Crippen LogP) is 2.55. The lowest BCUT2D eigenvalue weighted by atomic mass is 9.82. The molecular weight excluding hydrogens is 266 g/mol. The fraction of sp³-hybridized carbons (Fsp3) is 0.588. The molecule has 2 aliphatic heterocycles. The molecule has 0 saturated carbocycles. The van der Waals surface area contributed by atoms with Crippen molar-refractivity contribution < 1.29 is 14.6 Å². The van der Waals surface area contributed by atoms with Crippen LogP contribution in [0.4, 0.5) is 0 Å². The molecule has 0 radical (unpaired) electrons. The minimum absolute atomic E-state index is 0.0797. The van der Waals surface area contributed by atoms with E-state index in [4.69, 9.17) is 9.84 Å². The van der Waals surface area contributed by atoms with Gasteiger partial charge in [-0.05, 0) is 62.3 Å². The summed E-state index contributed by atoms with van der Waals surface area (Å²) in [4.78, 5) is 12.8. The number of ether oxygens (including phenoxy) is 1. The first kappa shape index (κ1) is 14.4. The lowest BCUT2D eigenvalue weighted by Gasteiger charge is -2.44. The summed E-state index contributed by atoms with van der Waals surface area (Å²) in [5, 5.41) is 8.88. The molecule has 2 heterocycles. The van der Waals surface area contributed by atoms with E-state index in [0.29, 0.717) is 0 Å². The van der Waals surface area contributed by atoms with Crippen LogP contribution in [0.1, 0.15) is 36.0 Å². The molecule has 114 valence electrons. The second-order valence-corrected chi connectivity index (χ2v) is 6.50. The normalized spacial score (nSPS) is 20.9. The van der Waals surface area contributed by atoms with Crippen molar-refractivity contribution in [3.8, 4) is 5.75 Å². The quantitative estimate of drug-likeness (QED) is 0.909. The van der Waals surface area contributed by atoms with Crippen LogP contribution in [0.3, 0.4) is 0 Å². The summed E-state index contributed by atoms with van der Waals surface area (Å²) >= 11 is 0. The molecule has 1 aromatic rings. The van der Waals surface area contributed by atoms with Crippen LogP contribution >= 0.6 is 0 Å². The number of likely N-dealkylation sites (tertiary alicyclic amines) is 1. The molecule has 0 bridgehead atoms. The molecule has 1 aromatic carbocycles. The highest BCUT2D eigenvalue weighted by Crippen LogP contribution is 2.40. The average molecular weight is 289 g/mol. The number of hydrogen-bond acceptors (Lipinski definition) is 3. The van der Waals surface area contributed by atoms with Gasteiger partial charge in [-0.15, -0.1) is 0 Å². The molecule has 4 nitrogen and oxygen atoms in total. The Morgan fingerprint density at radius 3 is 2.57 bits per heavy atom. The Labute approximate surface area is 125 Å². The minimum Gasteiger partial charge on any atom is -0.487 e. The van der Waals surface area contributed by atoms with E-state index in [1.54, 1.807) is 0 Å². The van der Waals surface area contributed by atoms with E-state index in [1.165, 1.54) is 16.7 Å². The molecule has 3 rings (SSSR count). The predicted molar refractivity (Wildman–Crippen MR) is 80.9 cm³/mol. The summed E-state index contributed by atoms with van der Waals surface area (Å²) in [7, 11) is 0. The zero-order chi connectivity index (χ0) is 15.0. The van der Waals surface area contributed by atoms with Gasteiger partial charge in [0.15, 0.2) is 0 Å². The Morgan fingerprint density at radius 2 is 1.90 bits per heavy atom. The van der Waals surface area contributed by atoms with Crippen LogP contribution in [-0.2, 0) is 11.2 Å². The summed E-state index contributed by atoms with van der Waals surface area (Å²) in [5.74, 6) is 0.294. The number of piperidine rings is 1. The van der Waals surface area contributed by atoms with E-state index in [-0.39, 0.29) is 12.1 Å². The number of benzene rings is 1. The van der Waals surface area contributed by atoms with Gasteiger partial charge in [0.05, 0.1) is 6.54 Å². The van der Waals surface area contributed by atoms with Crippen LogP contribution < -0.4 is 4.74 Å². The van der Waals surface area contributed by atoms with E-state index in [9.17, 15) is 4.79 Å². The molecule has 4 heteroatoms. The van der Waals surface area contributed by atoms with Gasteiger partial charge in [-0.1, -0.05) is 6.07 Å². The minimum atomic E-state index is -0.744. The molecule has 1 N–H and O–H groups in total. The standard InChI is InChI=1S/C17H23NO3/c1-12-9-14-3-4-17(21-15(14)10-13(12)2)5-7-18(8-6-17)11-16(19)20/h9-10H,3-8,11H2,1-2H3,(H,19,20). The largest absolute Gasteiger partial charge is 0.487 e. The Kier molecular flexibility index (Phi) is 3.66. The molecule has 0 amide bonds. The Hall–Kier alpha value is -1.55. The first-order valence-electron chi connectivity index (χ1n) is 7.71. The molecule has 0 aliphatic carbocycles. The maximum absolute atomic E-state index is 10.8. The lowest BCUT2D eigenvalue weighted by molar-refractivity contribution is -0.139. The second-order valence-electron chi connectivity index (χ2n) is 6.50. The van der Waals surface area contributed by atoms with E-state index >= 15 is 0 Å². The molecule has 21 heavy (non-hydrogen) atoms. The maximum atomic E-state index is 10.8. The molecule has 0 unspecified atom stereocenters. The monoisotopic (exact) mass is 289 g/mol. The second kappa shape index (κ2) is 5.34. The van der Waals surface area contributed by atoms with Crippen LogP contribution in [-0.4, -0.2) is 41.2 Å². The number of fused-ring (bicyclic) bond motifs is 1. The fourth-order valence-corrected chi connectivity index (χ4v) is 3.45. The van der Waals surface area contributed by atoms with Crippen molar-refractivity contribution in [1.29, 1.82) is 0 Å². The maximum Gasteiger partial charge on any atom is 0.317 e. The molecule has 1 spiro atoms. The van der Waals surface area contributed by atoms with Gasteiger partial charge in [0.25, 0.3) is 0 Å². The topological polar surface area (TPSA) is 49.8 Å². The number of aliphatic carboxylic acids is 1. The van der Waals surface area contributed by atoms with Crippen molar-refractivity contribution >= 4 is 5.97 Å². The molecule has 0 aromatic heterocycles. The summed E-state index contributed by atoms with van der Waals surface area (Å²) in [6, 6.07) is 4.41. The van der Waals surface area contributed by atoms with Gasteiger partial charge in [-0.3, -0.25) is 9.69 Å². The van der Waals surface area contributed by atoms with E-state index in [1.807, 2.05) is 4.90 Å². The molecule has 1 fully saturated rings. The zero-order valence-electron chi connectivity index (χ0n) is 12.8. The van der Waals surface area contributed by atoms with E-state index in [0.717, 1.165) is 44.5 Å². The summed E-state index contributed by atoms with van der Waals surface area (Å²) in [6.45, 7) is 6.03. The first-order chi connectivity index (χ1) is 9.97. The van der Waals surface area contributed by atoms with Gasteiger partial charge in [0.1, 0.15) is 11.4 Å².